The van der Waals surface area contributed by atoms with Crippen LogP contribution in [0.3, 0.4) is 0 Å². The molecular weight excluding hydrogens is 394 g/mol. The second kappa shape index (κ2) is 8.58. The first-order chi connectivity index (χ1) is 11.6. The minimum atomic E-state index is -4.89. The Bertz CT molecular complexity index is 846. The predicted octanol–water partition coefficient (Wildman–Crippen LogP) is 3.99. The molecule has 0 aliphatic carbocycles. The van der Waals surface area contributed by atoms with E-state index in [0.29, 0.717) is 0 Å². The van der Waals surface area contributed by atoms with Gasteiger partial charge in [-0.3, -0.25) is 10.1 Å². The van der Waals surface area contributed by atoms with Gasteiger partial charge in [-0.05, 0) is 18.2 Å². The number of aromatic carboxylic acids is 1. The summed E-state index contributed by atoms with van der Waals surface area (Å²) in [6, 6.07) is 5.82. The van der Waals surface area contributed by atoms with E-state index in [1.165, 1.54) is 0 Å². The van der Waals surface area contributed by atoms with E-state index in [9.17, 15) is 28.1 Å². The summed E-state index contributed by atoms with van der Waals surface area (Å²) in [4.78, 5) is 21.0. The second-order valence-electron chi connectivity index (χ2n) is 4.48. The molecule has 0 aliphatic rings. The van der Waals surface area contributed by atoms with E-state index in [4.69, 9.17) is 21.4 Å². The molecule has 0 saturated carbocycles. The minimum absolute atomic E-state index is 0. The van der Waals surface area contributed by atoms with Gasteiger partial charge in [-0.15, -0.1) is 13.2 Å². The van der Waals surface area contributed by atoms with E-state index >= 15 is 0 Å². The summed E-state index contributed by atoms with van der Waals surface area (Å²) in [5.41, 5.74) is -1.25. The summed E-state index contributed by atoms with van der Waals surface area (Å²) >= 11 is 5.80. The zero-order valence-corrected chi connectivity index (χ0v) is 12.7. The molecule has 1 N–H and O–H groups in total. The van der Waals surface area contributed by atoms with Gasteiger partial charge in [0.25, 0.3) is 5.69 Å². The van der Waals surface area contributed by atoms with E-state index in [1.54, 1.807) is 0 Å². The number of carboxylic acids is 1. The van der Waals surface area contributed by atoms with E-state index in [1.807, 2.05) is 0 Å². The van der Waals surface area contributed by atoms with Crippen LogP contribution < -0.4 is 9.47 Å². The molecule has 0 heterocycles. The Morgan fingerprint density at radius 1 is 1.15 bits per heavy atom. The number of nitrogens with zero attached hydrogens (tertiary/aromatic N) is 1. The number of nitro groups is 1. The molecule has 0 unspecified atom stereocenters. The summed E-state index contributed by atoms with van der Waals surface area (Å²) in [6.07, 6.45) is -4.89. The number of hydrogen-bond donors (Lipinski definition) is 1. The van der Waals surface area contributed by atoms with Crippen LogP contribution in [0.25, 0.3) is 0 Å². The van der Waals surface area contributed by atoms with Crippen molar-refractivity contribution in [2.24, 2.45) is 0 Å². The summed E-state index contributed by atoms with van der Waals surface area (Å²) in [5, 5.41) is 19.5. The molecule has 0 atom stereocenters. The number of benzene rings is 2. The van der Waals surface area contributed by atoms with Gasteiger partial charge in [0.05, 0.1) is 9.95 Å². The van der Waals surface area contributed by atoms with Crippen molar-refractivity contribution in [3.8, 4) is 17.2 Å². The molecule has 0 saturated heterocycles. The third-order valence-electron chi connectivity index (χ3n) is 2.76. The maximum atomic E-state index is 12.1. The maximum absolute atomic E-state index is 12.1. The number of carbonyl (C=O) groups is 1. The molecule has 2 aromatic rings. The van der Waals surface area contributed by atoms with Gasteiger partial charge in [-0.25, -0.2) is 4.79 Å². The van der Waals surface area contributed by atoms with Crippen LogP contribution in [0.1, 0.15) is 10.4 Å². The SMILES string of the molecule is O=C(O)c1cc(Oc2ccc(OC(F)(F)F)cc2Cl)ccc1[N+](=O)[O-].[NaH]. The average Bonchev–Trinajstić information content (AvgIpc) is 2.48. The van der Waals surface area contributed by atoms with Gasteiger partial charge in [0.2, 0.25) is 0 Å². The number of rotatable bonds is 5. The van der Waals surface area contributed by atoms with E-state index in [-0.39, 0.29) is 46.1 Å². The summed E-state index contributed by atoms with van der Waals surface area (Å²) in [5.74, 6) is -2.31. The first-order valence-electron chi connectivity index (χ1n) is 6.31. The number of halogens is 4. The standard InChI is InChI=1S/C14H7ClF3NO6.Na.H/c15-10-6-8(25-14(16,17)18)2-4-12(10)24-7-1-3-11(19(22)23)9(5-7)13(20)21;;/h1-6H,(H,20,21);;. The van der Waals surface area contributed by atoms with Gasteiger partial charge < -0.3 is 14.6 Å². The number of alkyl halides is 3. The third-order valence-corrected chi connectivity index (χ3v) is 3.06. The van der Waals surface area contributed by atoms with Crippen LogP contribution in [0.5, 0.6) is 17.2 Å². The summed E-state index contributed by atoms with van der Waals surface area (Å²) in [7, 11) is 0. The first kappa shape index (κ1) is 22.0. The van der Waals surface area contributed by atoms with Crippen LogP contribution in [0, 0.1) is 10.1 Å². The van der Waals surface area contributed by atoms with Gasteiger partial charge in [0.15, 0.2) is 0 Å². The normalized spacial score (nSPS) is 10.6. The number of carboxylic acid groups (broad SMARTS) is 1. The first-order valence-corrected chi connectivity index (χ1v) is 6.69. The summed E-state index contributed by atoms with van der Waals surface area (Å²) in [6.45, 7) is 0. The van der Waals surface area contributed by atoms with Gasteiger partial charge >= 0.3 is 41.9 Å². The molecule has 12 heteroatoms. The fourth-order valence-corrected chi connectivity index (χ4v) is 2.01. The zero-order valence-electron chi connectivity index (χ0n) is 11.9. The molecule has 0 aliphatic heterocycles. The van der Waals surface area contributed by atoms with Crippen LogP contribution in [-0.4, -0.2) is 51.9 Å². The average molecular weight is 402 g/mol. The van der Waals surface area contributed by atoms with Crippen LogP contribution >= 0.6 is 11.6 Å². The Labute approximate surface area is 170 Å². The van der Waals surface area contributed by atoms with Crippen molar-refractivity contribution in [2.45, 2.75) is 6.36 Å². The van der Waals surface area contributed by atoms with Crippen molar-refractivity contribution < 1.29 is 37.5 Å². The molecule has 2 rings (SSSR count). The molecule has 134 valence electrons. The number of ether oxygens (including phenoxy) is 2. The Hall–Kier alpha value is -2.01. The van der Waals surface area contributed by atoms with Crippen LogP contribution in [0.2, 0.25) is 5.02 Å². The van der Waals surface area contributed by atoms with Crippen molar-refractivity contribution in [3.63, 3.8) is 0 Å². The Morgan fingerprint density at radius 3 is 2.27 bits per heavy atom. The van der Waals surface area contributed by atoms with Crippen LogP contribution in [0.15, 0.2) is 36.4 Å². The van der Waals surface area contributed by atoms with Gasteiger partial charge in [-0.1, -0.05) is 11.6 Å². The molecule has 0 aromatic heterocycles. The van der Waals surface area contributed by atoms with E-state index < -0.39 is 34.3 Å². The zero-order chi connectivity index (χ0) is 18.8. The molecule has 0 fully saturated rings. The van der Waals surface area contributed by atoms with Gasteiger partial charge in [-0.2, -0.15) is 0 Å². The van der Waals surface area contributed by atoms with Gasteiger partial charge in [0.1, 0.15) is 22.8 Å². The van der Waals surface area contributed by atoms with Crippen molar-refractivity contribution in [2.75, 3.05) is 0 Å². The fraction of sp³-hybridized carbons (Fsp3) is 0.0714. The van der Waals surface area contributed by atoms with Crippen molar-refractivity contribution in [3.05, 3.63) is 57.1 Å². The fourth-order valence-electron chi connectivity index (χ4n) is 1.80. The molecule has 0 radical (unpaired) electrons. The molecule has 26 heavy (non-hydrogen) atoms. The number of hydrogen-bond acceptors (Lipinski definition) is 5. The molecule has 0 amide bonds. The van der Waals surface area contributed by atoms with Crippen molar-refractivity contribution >= 4 is 52.8 Å². The molecule has 7 nitrogen and oxygen atoms in total. The molecule has 0 bridgehead atoms. The van der Waals surface area contributed by atoms with Gasteiger partial charge in [0, 0.05) is 18.2 Å². The Morgan fingerprint density at radius 2 is 1.77 bits per heavy atom. The van der Waals surface area contributed by atoms with Crippen LogP contribution in [-0.2, 0) is 0 Å². The monoisotopic (exact) mass is 401 g/mol. The molecular formula is C14H8ClF3NNaO6. The van der Waals surface area contributed by atoms with Crippen LogP contribution in [0.4, 0.5) is 18.9 Å². The predicted molar refractivity (Wildman–Crippen MR) is 85.4 cm³/mol. The Kier molecular flexibility index (Phi) is 7.27. The number of nitro benzene ring substituents is 1. The molecule has 0 spiro atoms. The van der Waals surface area contributed by atoms with E-state index in [0.717, 1.165) is 36.4 Å². The Balaban J connectivity index is 0.00000338. The molecule has 2 aromatic carbocycles. The van der Waals surface area contributed by atoms with Crippen molar-refractivity contribution in [1.29, 1.82) is 0 Å². The topological polar surface area (TPSA) is 98.9 Å². The van der Waals surface area contributed by atoms with Crippen molar-refractivity contribution in [1.82, 2.24) is 0 Å². The van der Waals surface area contributed by atoms with E-state index in [2.05, 4.69) is 4.74 Å². The summed E-state index contributed by atoms with van der Waals surface area (Å²) < 4.78 is 45.4. The third kappa shape index (κ3) is 5.77. The second-order valence-corrected chi connectivity index (χ2v) is 4.89. The quantitative estimate of drug-likeness (QED) is 0.462.